The fraction of sp³-hybridized carbons (Fsp3) is 0.917. The summed E-state index contributed by atoms with van der Waals surface area (Å²) in [7, 11) is 3.65. The Balaban J connectivity index is 4.39. The molecule has 0 aromatic carbocycles. The van der Waals surface area contributed by atoms with Gasteiger partial charge in [0.05, 0.1) is 6.61 Å². The lowest BCUT2D eigenvalue weighted by atomic mass is 9.93. The molecule has 17 heavy (non-hydrogen) atoms. The summed E-state index contributed by atoms with van der Waals surface area (Å²) in [5.74, 6) is -0.800. The first-order valence-corrected chi connectivity index (χ1v) is 6.05. The van der Waals surface area contributed by atoms with Gasteiger partial charge in [-0.1, -0.05) is 6.92 Å². The third-order valence-corrected chi connectivity index (χ3v) is 3.14. The number of hydrogen-bond donors (Lipinski definition) is 2. The smallest absolute Gasteiger partial charge is 0.323 e. The van der Waals surface area contributed by atoms with Gasteiger partial charge < -0.3 is 20.1 Å². The third-order valence-electron chi connectivity index (χ3n) is 3.14. The molecule has 0 radical (unpaired) electrons. The number of aliphatic carboxylic acids is 1. The first kappa shape index (κ1) is 16.4. The van der Waals surface area contributed by atoms with Crippen LogP contribution in [-0.4, -0.2) is 61.4 Å². The van der Waals surface area contributed by atoms with E-state index >= 15 is 0 Å². The van der Waals surface area contributed by atoms with E-state index in [1.54, 1.807) is 14.0 Å². The van der Waals surface area contributed by atoms with Crippen LogP contribution in [0.2, 0.25) is 0 Å². The summed E-state index contributed by atoms with van der Waals surface area (Å²) in [6.07, 6.45) is 0.566. The van der Waals surface area contributed by atoms with Gasteiger partial charge in [-0.3, -0.25) is 4.79 Å². The number of carbonyl (C=O) groups is 1. The van der Waals surface area contributed by atoms with Crippen LogP contribution in [-0.2, 0) is 9.53 Å². The van der Waals surface area contributed by atoms with E-state index in [2.05, 4.69) is 10.2 Å². The van der Waals surface area contributed by atoms with Gasteiger partial charge in [-0.05, 0) is 33.9 Å². The minimum absolute atomic E-state index is 0.185. The van der Waals surface area contributed by atoms with Crippen LogP contribution in [0.4, 0.5) is 0 Å². The van der Waals surface area contributed by atoms with Crippen molar-refractivity contribution in [2.75, 3.05) is 33.9 Å². The zero-order chi connectivity index (χ0) is 13.5. The Morgan fingerprint density at radius 3 is 2.59 bits per heavy atom. The summed E-state index contributed by atoms with van der Waals surface area (Å²) < 4.78 is 5.01. The molecule has 5 nitrogen and oxygen atoms in total. The summed E-state index contributed by atoms with van der Waals surface area (Å²) >= 11 is 0. The molecule has 0 heterocycles. The molecule has 0 spiro atoms. The third kappa shape index (κ3) is 5.48. The largest absolute Gasteiger partial charge is 0.480 e. The normalized spacial score (nSPS) is 16.8. The zero-order valence-corrected chi connectivity index (χ0v) is 11.6. The summed E-state index contributed by atoms with van der Waals surface area (Å²) in [5.41, 5.74) is -0.866. The topological polar surface area (TPSA) is 61.8 Å². The molecule has 0 amide bonds. The molecule has 102 valence electrons. The van der Waals surface area contributed by atoms with Crippen LogP contribution in [0.1, 0.15) is 27.2 Å². The second-order valence-electron chi connectivity index (χ2n) is 4.69. The summed E-state index contributed by atoms with van der Waals surface area (Å²) in [4.78, 5) is 13.4. The second-order valence-corrected chi connectivity index (χ2v) is 4.69. The van der Waals surface area contributed by atoms with E-state index in [9.17, 15) is 9.90 Å². The molecule has 0 bridgehead atoms. The summed E-state index contributed by atoms with van der Waals surface area (Å²) in [5, 5.41) is 12.3. The molecule has 2 N–H and O–H groups in total. The lowest BCUT2D eigenvalue weighted by Crippen LogP contribution is -2.53. The van der Waals surface area contributed by atoms with Crippen LogP contribution in [0.5, 0.6) is 0 Å². The number of rotatable bonds is 9. The molecule has 0 saturated heterocycles. The van der Waals surface area contributed by atoms with Crippen LogP contribution in [0.25, 0.3) is 0 Å². The van der Waals surface area contributed by atoms with Crippen molar-refractivity contribution in [3.8, 4) is 0 Å². The highest BCUT2D eigenvalue weighted by Gasteiger charge is 2.34. The van der Waals surface area contributed by atoms with Crippen LogP contribution in [0.3, 0.4) is 0 Å². The molecule has 0 aliphatic heterocycles. The molecule has 2 unspecified atom stereocenters. The fourth-order valence-electron chi connectivity index (χ4n) is 1.83. The fourth-order valence-corrected chi connectivity index (χ4v) is 1.83. The predicted molar refractivity (Wildman–Crippen MR) is 68.3 cm³/mol. The van der Waals surface area contributed by atoms with Crippen LogP contribution in [0.15, 0.2) is 0 Å². The van der Waals surface area contributed by atoms with Gasteiger partial charge >= 0.3 is 5.97 Å². The molecule has 0 rings (SSSR count). The highest BCUT2D eigenvalue weighted by molar-refractivity contribution is 5.78. The van der Waals surface area contributed by atoms with E-state index in [0.717, 1.165) is 6.54 Å². The van der Waals surface area contributed by atoms with Crippen molar-refractivity contribution < 1.29 is 14.6 Å². The lowest BCUT2D eigenvalue weighted by Gasteiger charge is -2.33. The minimum atomic E-state index is -0.866. The Labute approximate surface area is 104 Å². The number of ether oxygens (including phenoxy) is 1. The maximum absolute atomic E-state index is 11.3. The Kier molecular flexibility index (Phi) is 7.34. The van der Waals surface area contributed by atoms with Gasteiger partial charge in [0.2, 0.25) is 0 Å². The van der Waals surface area contributed by atoms with E-state index < -0.39 is 11.5 Å². The Bertz CT molecular complexity index is 236. The van der Waals surface area contributed by atoms with Crippen LogP contribution in [0, 0.1) is 0 Å². The Morgan fingerprint density at radius 2 is 2.18 bits per heavy atom. The summed E-state index contributed by atoms with van der Waals surface area (Å²) in [6.45, 7) is 7.80. The highest BCUT2D eigenvalue weighted by atomic mass is 16.5. The van der Waals surface area contributed by atoms with E-state index in [4.69, 9.17) is 4.74 Å². The maximum atomic E-state index is 11.3. The Hall–Kier alpha value is -0.650. The van der Waals surface area contributed by atoms with E-state index in [1.807, 2.05) is 20.9 Å². The van der Waals surface area contributed by atoms with Crippen molar-refractivity contribution in [1.29, 1.82) is 0 Å². The molecular weight excluding hydrogens is 220 g/mol. The number of nitrogens with zero attached hydrogens (tertiary/aromatic N) is 1. The van der Waals surface area contributed by atoms with Crippen molar-refractivity contribution in [3.63, 3.8) is 0 Å². The maximum Gasteiger partial charge on any atom is 0.323 e. The number of methoxy groups -OCH3 is 1. The number of hydrogen-bond acceptors (Lipinski definition) is 4. The molecule has 2 atom stereocenters. The van der Waals surface area contributed by atoms with Gasteiger partial charge in [-0.2, -0.15) is 0 Å². The monoisotopic (exact) mass is 246 g/mol. The van der Waals surface area contributed by atoms with Gasteiger partial charge in [0, 0.05) is 19.7 Å². The first-order chi connectivity index (χ1) is 7.87. The molecule has 0 aliphatic rings. The highest BCUT2D eigenvalue weighted by Crippen LogP contribution is 2.16. The van der Waals surface area contributed by atoms with Crippen molar-refractivity contribution in [3.05, 3.63) is 0 Å². The lowest BCUT2D eigenvalue weighted by molar-refractivity contribution is -0.145. The molecule has 0 saturated carbocycles. The van der Waals surface area contributed by atoms with Crippen LogP contribution >= 0.6 is 0 Å². The van der Waals surface area contributed by atoms with Gasteiger partial charge in [-0.25, -0.2) is 0 Å². The second kappa shape index (κ2) is 7.63. The average molecular weight is 246 g/mol. The number of carboxylic acid groups (broad SMARTS) is 1. The molecule has 5 heteroatoms. The molecular formula is C12H26N2O3. The standard InChI is InChI=1S/C12H26N2O3/c1-6-13-12(3,11(15)16)9-10(2)14(4)7-8-17-5/h10,13H,6-9H2,1-5H3,(H,15,16). The molecule has 0 aromatic rings. The quantitative estimate of drug-likeness (QED) is 0.630. The van der Waals surface area contributed by atoms with Gasteiger partial charge in [-0.15, -0.1) is 0 Å². The number of likely N-dealkylation sites (N-methyl/N-ethyl adjacent to an activating group) is 2. The number of nitrogens with one attached hydrogen (secondary N) is 1. The van der Waals surface area contributed by atoms with E-state index in [0.29, 0.717) is 19.6 Å². The first-order valence-electron chi connectivity index (χ1n) is 6.05. The SMILES string of the molecule is CCNC(C)(CC(C)N(C)CCOC)C(=O)O. The molecule has 0 fully saturated rings. The minimum Gasteiger partial charge on any atom is -0.480 e. The van der Waals surface area contributed by atoms with Crippen molar-refractivity contribution in [1.82, 2.24) is 10.2 Å². The van der Waals surface area contributed by atoms with Crippen molar-refractivity contribution in [2.45, 2.75) is 38.8 Å². The molecule has 0 aliphatic carbocycles. The van der Waals surface area contributed by atoms with Crippen molar-refractivity contribution in [2.24, 2.45) is 0 Å². The Morgan fingerprint density at radius 1 is 1.59 bits per heavy atom. The van der Waals surface area contributed by atoms with Gasteiger partial charge in [0.25, 0.3) is 0 Å². The van der Waals surface area contributed by atoms with E-state index in [-0.39, 0.29) is 6.04 Å². The predicted octanol–water partition coefficient (Wildman–Crippen LogP) is 0.796. The van der Waals surface area contributed by atoms with Crippen molar-refractivity contribution >= 4 is 5.97 Å². The zero-order valence-electron chi connectivity index (χ0n) is 11.6. The van der Waals surface area contributed by atoms with Crippen LogP contribution < -0.4 is 5.32 Å². The summed E-state index contributed by atoms with van der Waals surface area (Å²) in [6, 6.07) is 0.185. The van der Waals surface area contributed by atoms with Gasteiger partial charge in [0.15, 0.2) is 0 Å². The van der Waals surface area contributed by atoms with Gasteiger partial charge in [0.1, 0.15) is 5.54 Å². The molecule has 0 aromatic heterocycles. The van der Waals surface area contributed by atoms with E-state index in [1.165, 1.54) is 0 Å². The number of carboxylic acids is 1. The average Bonchev–Trinajstić information content (AvgIpc) is 2.25.